The second kappa shape index (κ2) is 6.62. The van der Waals surface area contributed by atoms with Crippen molar-refractivity contribution in [2.75, 3.05) is 0 Å². The van der Waals surface area contributed by atoms with Crippen molar-refractivity contribution in [2.45, 2.75) is 38.8 Å². The Bertz CT molecular complexity index is 379. The molecule has 1 amide bonds. The first kappa shape index (κ1) is 14.0. The van der Waals surface area contributed by atoms with Gasteiger partial charge in [-0.3, -0.25) is 4.79 Å². The van der Waals surface area contributed by atoms with E-state index in [1.807, 2.05) is 38.1 Å². The molecular formula is C13H19ClN2O. The molecule has 2 unspecified atom stereocenters. The quantitative estimate of drug-likeness (QED) is 0.846. The molecule has 1 aromatic rings. The summed E-state index contributed by atoms with van der Waals surface area (Å²) in [6.45, 7) is 3.79. The maximum Gasteiger partial charge on any atom is 0.221 e. The van der Waals surface area contributed by atoms with Crippen molar-refractivity contribution >= 4 is 17.5 Å². The molecule has 17 heavy (non-hydrogen) atoms. The number of benzene rings is 1. The number of nitrogens with one attached hydrogen (secondary N) is 1. The first-order chi connectivity index (χ1) is 7.97. The van der Waals surface area contributed by atoms with Crippen LogP contribution in [0.2, 0.25) is 5.02 Å². The molecule has 0 heterocycles. The average molecular weight is 255 g/mol. The fourth-order valence-corrected chi connectivity index (χ4v) is 1.91. The van der Waals surface area contributed by atoms with Crippen LogP contribution in [0.5, 0.6) is 0 Å². The Balaban J connectivity index is 2.44. The van der Waals surface area contributed by atoms with Gasteiger partial charge in [-0.15, -0.1) is 0 Å². The molecule has 0 fully saturated rings. The van der Waals surface area contributed by atoms with Gasteiger partial charge in [-0.1, -0.05) is 23.7 Å². The van der Waals surface area contributed by atoms with Crippen LogP contribution < -0.4 is 11.1 Å². The summed E-state index contributed by atoms with van der Waals surface area (Å²) < 4.78 is 0. The number of carbonyl (C=O) groups excluding carboxylic acids is 1. The van der Waals surface area contributed by atoms with Gasteiger partial charge in [-0.25, -0.2) is 0 Å². The van der Waals surface area contributed by atoms with E-state index in [4.69, 9.17) is 17.3 Å². The topological polar surface area (TPSA) is 55.1 Å². The van der Waals surface area contributed by atoms with Crippen molar-refractivity contribution in [3.05, 3.63) is 34.9 Å². The molecule has 94 valence electrons. The SMILES string of the molecule is CC(N)CC(=O)NC(C)Cc1cccc(Cl)c1. The smallest absolute Gasteiger partial charge is 0.221 e. The normalized spacial score (nSPS) is 14.1. The summed E-state index contributed by atoms with van der Waals surface area (Å²) in [4.78, 5) is 11.5. The van der Waals surface area contributed by atoms with Crippen molar-refractivity contribution in [3.8, 4) is 0 Å². The van der Waals surface area contributed by atoms with Crippen LogP contribution in [0.4, 0.5) is 0 Å². The lowest BCUT2D eigenvalue weighted by atomic mass is 10.1. The number of hydrogen-bond acceptors (Lipinski definition) is 2. The standard InChI is InChI=1S/C13H19ClN2O/c1-9(15)6-13(17)16-10(2)7-11-4-3-5-12(14)8-11/h3-5,8-10H,6-7,15H2,1-2H3,(H,16,17). The van der Waals surface area contributed by atoms with Gasteiger partial charge in [0.2, 0.25) is 5.91 Å². The molecule has 3 nitrogen and oxygen atoms in total. The summed E-state index contributed by atoms with van der Waals surface area (Å²) in [5.41, 5.74) is 6.68. The molecule has 0 radical (unpaired) electrons. The Kier molecular flexibility index (Phi) is 5.45. The van der Waals surface area contributed by atoms with Crippen LogP contribution in [-0.2, 0) is 11.2 Å². The average Bonchev–Trinajstić information content (AvgIpc) is 2.14. The van der Waals surface area contributed by atoms with Crippen molar-refractivity contribution in [3.63, 3.8) is 0 Å². The predicted molar refractivity (Wildman–Crippen MR) is 71.0 cm³/mol. The first-order valence-corrected chi connectivity index (χ1v) is 6.14. The van der Waals surface area contributed by atoms with Crippen LogP contribution in [-0.4, -0.2) is 18.0 Å². The summed E-state index contributed by atoms with van der Waals surface area (Å²) in [5, 5.41) is 3.64. The number of rotatable bonds is 5. The van der Waals surface area contributed by atoms with Crippen LogP contribution in [0.25, 0.3) is 0 Å². The molecule has 2 atom stereocenters. The lowest BCUT2D eigenvalue weighted by Gasteiger charge is -2.15. The third-order valence-electron chi connectivity index (χ3n) is 2.35. The highest BCUT2D eigenvalue weighted by Crippen LogP contribution is 2.12. The van der Waals surface area contributed by atoms with Gasteiger partial charge in [0, 0.05) is 23.5 Å². The van der Waals surface area contributed by atoms with Gasteiger partial charge in [-0.05, 0) is 38.0 Å². The maximum absolute atomic E-state index is 11.5. The summed E-state index contributed by atoms with van der Waals surface area (Å²) >= 11 is 5.90. The van der Waals surface area contributed by atoms with Gasteiger partial charge in [0.25, 0.3) is 0 Å². The molecule has 0 saturated heterocycles. The van der Waals surface area contributed by atoms with E-state index >= 15 is 0 Å². The second-order valence-corrected chi connectivity index (χ2v) is 4.92. The highest BCUT2D eigenvalue weighted by molar-refractivity contribution is 6.30. The Morgan fingerprint density at radius 2 is 2.18 bits per heavy atom. The fraction of sp³-hybridized carbons (Fsp3) is 0.462. The largest absolute Gasteiger partial charge is 0.353 e. The first-order valence-electron chi connectivity index (χ1n) is 5.76. The molecule has 0 aliphatic carbocycles. The highest BCUT2D eigenvalue weighted by Gasteiger charge is 2.09. The lowest BCUT2D eigenvalue weighted by Crippen LogP contribution is -2.37. The summed E-state index contributed by atoms with van der Waals surface area (Å²) in [6.07, 6.45) is 1.13. The summed E-state index contributed by atoms with van der Waals surface area (Å²) in [6, 6.07) is 7.64. The van der Waals surface area contributed by atoms with Gasteiger partial charge < -0.3 is 11.1 Å². The fourth-order valence-electron chi connectivity index (χ4n) is 1.69. The predicted octanol–water partition coefficient (Wildman–Crippen LogP) is 2.12. The van der Waals surface area contributed by atoms with Crippen molar-refractivity contribution in [1.29, 1.82) is 0 Å². The van der Waals surface area contributed by atoms with E-state index in [1.54, 1.807) is 0 Å². The van der Waals surface area contributed by atoms with Crippen LogP contribution in [0.3, 0.4) is 0 Å². The molecule has 4 heteroatoms. The second-order valence-electron chi connectivity index (χ2n) is 4.48. The van der Waals surface area contributed by atoms with Gasteiger partial charge >= 0.3 is 0 Å². The molecule has 0 saturated carbocycles. The maximum atomic E-state index is 11.5. The highest BCUT2D eigenvalue weighted by atomic mass is 35.5. The number of amides is 1. The molecule has 3 N–H and O–H groups in total. The van der Waals surface area contributed by atoms with Crippen molar-refractivity contribution < 1.29 is 4.79 Å². The molecule has 1 aromatic carbocycles. The van der Waals surface area contributed by atoms with E-state index in [2.05, 4.69) is 5.32 Å². The Hall–Kier alpha value is -1.06. The van der Waals surface area contributed by atoms with E-state index in [-0.39, 0.29) is 18.0 Å². The van der Waals surface area contributed by atoms with Crippen molar-refractivity contribution in [2.24, 2.45) is 5.73 Å². The number of halogens is 1. The van der Waals surface area contributed by atoms with Crippen LogP contribution in [0.15, 0.2) is 24.3 Å². The van der Waals surface area contributed by atoms with Gasteiger partial charge in [0.1, 0.15) is 0 Å². The molecule has 1 rings (SSSR count). The van der Waals surface area contributed by atoms with Crippen LogP contribution >= 0.6 is 11.6 Å². The molecule has 0 aromatic heterocycles. The number of carbonyl (C=O) groups is 1. The Morgan fingerprint density at radius 1 is 1.47 bits per heavy atom. The van der Waals surface area contributed by atoms with E-state index in [9.17, 15) is 4.79 Å². The molecular weight excluding hydrogens is 236 g/mol. The minimum absolute atomic E-state index is 0.00507. The zero-order valence-corrected chi connectivity index (χ0v) is 11.0. The van der Waals surface area contributed by atoms with Crippen molar-refractivity contribution in [1.82, 2.24) is 5.32 Å². The van der Waals surface area contributed by atoms with E-state index in [0.29, 0.717) is 6.42 Å². The molecule has 0 aliphatic heterocycles. The van der Waals surface area contributed by atoms with Gasteiger partial charge in [0.15, 0.2) is 0 Å². The lowest BCUT2D eigenvalue weighted by molar-refractivity contribution is -0.121. The van der Waals surface area contributed by atoms with Crippen LogP contribution in [0.1, 0.15) is 25.8 Å². The zero-order chi connectivity index (χ0) is 12.8. The third kappa shape index (κ3) is 5.71. The molecule has 0 spiro atoms. The zero-order valence-electron chi connectivity index (χ0n) is 10.2. The third-order valence-corrected chi connectivity index (χ3v) is 2.58. The van der Waals surface area contributed by atoms with Gasteiger partial charge in [0.05, 0.1) is 0 Å². The summed E-state index contributed by atoms with van der Waals surface area (Å²) in [7, 11) is 0. The Morgan fingerprint density at radius 3 is 2.76 bits per heavy atom. The monoisotopic (exact) mass is 254 g/mol. The van der Waals surface area contributed by atoms with Gasteiger partial charge in [-0.2, -0.15) is 0 Å². The van der Waals surface area contributed by atoms with E-state index < -0.39 is 0 Å². The molecule has 0 bridgehead atoms. The van der Waals surface area contributed by atoms with Crippen LogP contribution in [0, 0.1) is 0 Å². The Labute approximate surface area is 107 Å². The van der Waals surface area contributed by atoms with E-state index in [0.717, 1.165) is 17.0 Å². The minimum Gasteiger partial charge on any atom is -0.353 e. The number of hydrogen-bond donors (Lipinski definition) is 2. The summed E-state index contributed by atoms with van der Waals surface area (Å²) in [5.74, 6) is -0.00507. The molecule has 0 aliphatic rings. The minimum atomic E-state index is -0.103. The van der Waals surface area contributed by atoms with E-state index in [1.165, 1.54) is 0 Å². The number of nitrogens with two attached hydrogens (primary N) is 1.